The van der Waals surface area contributed by atoms with Crippen LogP contribution in [0.4, 0.5) is 11.8 Å². The van der Waals surface area contributed by atoms with Crippen molar-refractivity contribution in [2.45, 2.75) is 25.9 Å². The quantitative estimate of drug-likeness (QED) is 0.821. The topological polar surface area (TPSA) is 101 Å². The fourth-order valence-electron chi connectivity index (χ4n) is 2.78. The van der Waals surface area contributed by atoms with Gasteiger partial charge in [0.2, 0.25) is 5.95 Å². The second-order valence-electron chi connectivity index (χ2n) is 5.69. The van der Waals surface area contributed by atoms with Crippen LogP contribution >= 0.6 is 0 Å². The summed E-state index contributed by atoms with van der Waals surface area (Å²) >= 11 is 0. The molecule has 0 aromatic carbocycles. The number of anilines is 2. The Hall–Kier alpha value is -2.29. The van der Waals surface area contributed by atoms with Crippen LogP contribution < -0.4 is 10.2 Å². The first-order valence-corrected chi connectivity index (χ1v) is 9.69. The first kappa shape index (κ1) is 16.6. The van der Waals surface area contributed by atoms with Crippen molar-refractivity contribution in [1.29, 1.82) is 0 Å². The molecule has 3 heterocycles. The molecule has 1 aliphatic heterocycles. The summed E-state index contributed by atoms with van der Waals surface area (Å²) in [5, 5.41) is 11.3. The van der Waals surface area contributed by atoms with Crippen LogP contribution in [0.2, 0.25) is 0 Å². The third-order valence-electron chi connectivity index (χ3n) is 4.02. The summed E-state index contributed by atoms with van der Waals surface area (Å²) in [6.07, 6.45) is 5.64. The number of nitrogens with zero attached hydrogens (tertiary/aromatic N) is 5. The van der Waals surface area contributed by atoms with E-state index in [-0.39, 0.29) is 17.5 Å². The number of pyridine rings is 1. The summed E-state index contributed by atoms with van der Waals surface area (Å²) in [7, 11) is -2.95. The van der Waals surface area contributed by atoms with Gasteiger partial charge in [-0.15, -0.1) is 5.10 Å². The van der Waals surface area contributed by atoms with Gasteiger partial charge in [-0.3, -0.25) is 4.98 Å². The van der Waals surface area contributed by atoms with Crippen molar-refractivity contribution < 1.29 is 8.42 Å². The summed E-state index contributed by atoms with van der Waals surface area (Å²) < 4.78 is 23.4. The summed E-state index contributed by atoms with van der Waals surface area (Å²) in [6, 6.07) is 3.76. The Bertz CT molecular complexity index is 784. The Balaban J connectivity index is 1.71. The van der Waals surface area contributed by atoms with E-state index >= 15 is 0 Å². The van der Waals surface area contributed by atoms with Crippen molar-refractivity contribution in [1.82, 2.24) is 20.2 Å². The Morgan fingerprint density at radius 3 is 2.79 bits per heavy atom. The number of aromatic nitrogens is 4. The lowest BCUT2D eigenvalue weighted by Gasteiger charge is -2.26. The molecule has 0 aliphatic carbocycles. The molecule has 1 unspecified atom stereocenters. The molecule has 0 radical (unpaired) electrons. The Kier molecular flexibility index (Phi) is 4.89. The fraction of sp³-hybridized carbons (Fsp3) is 0.467. The molecule has 0 spiro atoms. The largest absolute Gasteiger partial charge is 0.365 e. The van der Waals surface area contributed by atoms with Gasteiger partial charge in [-0.05, 0) is 31.0 Å². The lowest BCUT2D eigenvalue weighted by atomic mass is 10.2. The second-order valence-corrected chi connectivity index (χ2v) is 7.92. The molecule has 1 N–H and O–H groups in total. The zero-order valence-corrected chi connectivity index (χ0v) is 14.3. The molecule has 24 heavy (non-hydrogen) atoms. The maximum absolute atomic E-state index is 11.7. The highest BCUT2D eigenvalue weighted by Gasteiger charge is 2.33. The van der Waals surface area contributed by atoms with Crippen molar-refractivity contribution in [3.8, 4) is 0 Å². The van der Waals surface area contributed by atoms with E-state index in [0.29, 0.717) is 31.3 Å². The van der Waals surface area contributed by atoms with Gasteiger partial charge in [0.1, 0.15) is 0 Å². The third-order valence-corrected chi connectivity index (χ3v) is 5.77. The van der Waals surface area contributed by atoms with Crippen LogP contribution in [-0.2, 0) is 16.4 Å². The number of hydrogen-bond donors (Lipinski definition) is 1. The SMILES string of the molecule is CCN(c1nncc(NCc2ccncc2)n1)C1CCS(=O)(=O)C1. The van der Waals surface area contributed by atoms with Crippen LogP contribution in [0.25, 0.3) is 0 Å². The molecule has 1 fully saturated rings. The highest BCUT2D eigenvalue weighted by Crippen LogP contribution is 2.21. The molecular formula is C15H20N6O2S. The van der Waals surface area contributed by atoms with E-state index in [1.165, 1.54) is 0 Å². The Morgan fingerprint density at radius 2 is 2.12 bits per heavy atom. The molecule has 3 rings (SSSR count). The van der Waals surface area contributed by atoms with Crippen LogP contribution in [0.5, 0.6) is 0 Å². The minimum absolute atomic E-state index is 0.0859. The minimum Gasteiger partial charge on any atom is -0.365 e. The lowest BCUT2D eigenvalue weighted by molar-refractivity contribution is 0.598. The van der Waals surface area contributed by atoms with Gasteiger partial charge in [-0.25, -0.2) is 8.42 Å². The fourth-order valence-corrected chi connectivity index (χ4v) is 4.51. The standard InChI is InChI=1S/C15H20N6O2S/c1-2-21(13-5-8-24(22,23)11-13)15-19-14(10-18-20-15)17-9-12-3-6-16-7-4-12/h3-4,6-7,10,13H,2,5,8-9,11H2,1H3,(H,17,19,20). The number of sulfone groups is 1. The molecule has 8 nitrogen and oxygen atoms in total. The first-order valence-electron chi connectivity index (χ1n) is 7.87. The molecule has 1 aliphatic rings. The maximum Gasteiger partial charge on any atom is 0.247 e. The van der Waals surface area contributed by atoms with E-state index in [9.17, 15) is 8.42 Å². The summed E-state index contributed by atoms with van der Waals surface area (Å²) in [5.74, 6) is 1.44. The van der Waals surface area contributed by atoms with Gasteiger partial charge in [-0.1, -0.05) is 0 Å². The summed E-state index contributed by atoms with van der Waals surface area (Å²) in [4.78, 5) is 10.4. The summed E-state index contributed by atoms with van der Waals surface area (Å²) in [5.41, 5.74) is 1.08. The van der Waals surface area contributed by atoms with Gasteiger partial charge < -0.3 is 10.2 Å². The lowest BCUT2D eigenvalue weighted by Crippen LogP contribution is -2.37. The van der Waals surface area contributed by atoms with Crippen LogP contribution in [0.15, 0.2) is 30.7 Å². The molecule has 2 aromatic rings. The Morgan fingerprint density at radius 1 is 1.33 bits per heavy atom. The smallest absolute Gasteiger partial charge is 0.247 e. The average Bonchev–Trinajstić information content (AvgIpc) is 2.95. The first-order chi connectivity index (χ1) is 11.6. The zero-order valence-electron chi connectivity index (χ0n) is 13.5. The highest BCUT2D eigenvalue weighted by atomic mass is 32.2. The molecule has 0 saturated carbocycles. The third kappa shape index (κ3) is 3.97. The van der Waals surface area contributed by atoms with E-state index in [1.54, 1.807) is 18.6 Å². The average molecular weight is 348 g/mol. The number of hydrogen-bond acceptors (Lipinski definition) is 8. The predicted molar refractivity (Wildman–Crippen MR) is 91.5 cm³/mol. The van der Waals surface area contributed by atoms with Crippen molar-refractivity contribution in [3.63, 3.8) is 0 Å². The van der Waals surface area contributed by atoms with Gasteiger partial charge in [0.15, 0.2) is 15.7 Å². The highest BCUT2D eigenvalue weighted by molar-refractivity contribution is 7.91. The second kappa shape index (κ2) is 7.08. The van der Waals surface area contributed by atoms with Crippen molar-refractivity contribution in [3.05, 3.63) is 36.3 Å². The predicted octanol–water partition coefficient (Wildman–Crippen LogP) is 0.892. The normalized spacial score (nSPS) is 19.1. The van der Waals surface area contributed by atoms with Crippen LogP contribution in [0, 0.1) is 0 Å². The monoisotopic (exact) mass is 348 g/mol. The molecule has 9 heteroatoms. The van der Waals surface area contributed by atoms with Crippen molar-refractivity contribution in [2.24, 2.45) is 0 Å². The molecule has 0 bridgehead atoms. The van der Waals surface area contributed by atoms with Gasteiger partial charge in [0.05, 0.1) is 17.7 Å². The zero-order chi connectivity index (χ0) is 17.0. The Labute approximate surface area is 141 Å². The molecule has 2 aromatic heterocycles. The van der Waals surface area contributed by atoms with Crippen LogP contribution in [-0.4, -0.2) is 52.7 Å². The van der Waals surface area contributed by atoms with Crippen molar-refractivity contribution >= 4 is 21.6 Å². The summed E-state index contributed by atoms with van der Waals surface area (Å²) in [6.45, 7) is 3.20. The van der Waals surface area contributed by atoms with Gasteiger partial charge >= 0.3 is 0 Å². The molecule has 1 atom stereocenters. The van der Waals surface area contributed by atoms with Crippen LogP contribution in [0.1, 0.15) is 18.9 Å². The van der Waals surface area contributed by atoms with Crippen LogP contribution in [0.3, 0.4) is 0 Å². The van der Waals surface area contributed by atoms with E-state index < -0.39 is 9.84 Å². The van der Waals surface area contributed by atoms with E-state index in [2.05, 4.69) is 25.5 Å². The van der Waals surface area contributed by atoms with Gasteiger partial charge in [0, 0.05) is 31.5 Å². The van der Waals surface area contributed by atoms with E-state index in [0.717, 1.165) is 5.56 Å². The van der Waals surface area contributed by atoms with Gasteiger partial charge in [-0.2, -0.15) is 10.1 Å². The number of rotatable bonds is 6. The number of nitrogens with one attached hydrogen (secondary N) is 1. The van der Waals surface area contributed by atoms with Crippen molar-refractivity contribution in [2.75, 3.05) is 28.3 Å². The minimum atomic E-state index is -2.95. The van der Waals surface area contributed by atoms with E-state index in [4.69, 9.17) is 0 Å². The molecule has 1 saturated heterocycles. The molecule has 0 amide bonds. The molecular weight excluding hydrogens is 328 g/mol. The molecule has 128 valence electrons. The maximum atomic E-state index is 11.7. The van der Waals surface area contributed by atoms with E-state index in [1.807, 2.05) is 24.0 Å². The van der Waals surface area contributed by atoms with Gasteiger partial charge in [0.25, 0.3) is 0 Å².